The molecule has 0 radical (unpaired) electrons. The summed E-state index contributed by atoms with van der Waals surface area (Å²) >= 11 is 0. The molecule has 1 aromatic carbocycles. The highest BCUT2D eigenvalue weighted by Crippen LogP contribution is 2.32. The van der Waals surface area contributed by atoms with E-state index in [1.807, 2.05) is 33.7 Å². The predicted molar refractivity (Wildman–Crippen MR) is 97.7 cm³/mol. The van der Waals surface area contributed by atoms with Crippen molar-refractivity contribution in [2.75, 3.05) is 19.6 Å². The summed E-state index contributed by atoms with van der Waals surface area (Å²) in [4.78, 5) is 29.5. The van der Waals surface area contributed by atoms with Gasteiger partial charge in [-0.3, -0.25) is 4.57 Å². The number of carbonyl (C=O) groups is 1. The van der Waals surface area contributed by atoms with Gasteiger partial charge in [-0.15, -0.1) is 0 Å². The highest BCUT2D eigenvalue weighted by molar-refractivity contribution is 5.75. The average Bonchev–Trinajstić information content (AvgIpc) is 2.93. The van der Waals surface area contributed by atoms with Crippen LogP contribution in [0.2, 0.25) is 0 Å². The van der Waals surface area contributed by atoms with E-state index >= 15 is 0 Å². The van der Waals surface area contributed by atoms with Gasteiger partial charge in [0.25, 0.3) is 0 Å². The standard InChI is InChI=1S/C19H26N4O2/c1-13-10-14(11-13)12-20-18(24)22-8-6-15(7-9-22)23-17-5-3-2-4-16(17)21-19(23)25/h2-5,13-15H,6-12H2,1H3,(H,20,24)(H,21,25). The maximum atomic E-state index is 12.3. The van der Waals surface area contributed by atoms with E-state index in [0.717, 1.165) is 36.3 Å². The predicted octanol–water partition coefficient (Wildman–Crippen LogP) is 2.72. The summed E-state index contributed by atoms with van der Waals surface area (Å²) in [6, 6.07) is 7.99. The topological polar surface area (TPSA) is 70.1 Å². The summed E-state index contributed by atoms with van der Waals surface area (Å²) in [5.74, 6) is 1.47. The van der Waals surface area contributed by atoms with Crippen LogP contribution in [0.1, 0.15) is 38.6 Å². The number of urea groups is 1. The summed E-state index contributed by atoms with van der Waals surface area (Å²) < 4.78 is 1.86. The Kier molecular flexibility index (Phi) is 4.27. The lowest BCUT2D eigenvalue weighted by molar-refractivity contribution is 0.160. The van der Waals surface area contributed by atoms with Gasteiger partial charge in [0.05, 0.1) is 11.0 Å². The lowest BCUT2D eigenvalue weighted by atomic mass is 9.76. The van der Waals surface area contributed by atoms with Crippen LogP contribution in [0.3, 0.4) is 0 Å². The fourth-order valence-electron chi connectivity index (χ4n) is 4.34. The van der Waals surface area contributed by atoms with Gasteiger partial charge in [-0.1, -0.05) is 19.1 Å². The number of rotatable bonds is 3. The van der Waals surface area contributed by atoms with Gasteiger partial charge < -0.3 is 15.2 Å². The average molecular weight is 342 g/mol. The molecule has 0 unspecified atom stereocenters. The zero-order valence-corrected chi connectivity index (χ0v) is 14.7. The molecule has 0 spiro atoms. The Morgan fingerprint density at radius 2 is 1.96 bits per heavy atom. The third kappa shape index (κ3) is 3.17. The molecule has 1 aliphatic carbocycles. The number of aromatic nitrogens is 2. The molecular weight excluding hydrogens is 316 g/mol. The van der Waals surface area contributed by atoms with Crippen LogP contribution in [0, 0.1) is 11.8 Å². The highest BCUT2D eigenvalue weighted by atomic mass is 16.2. The zero-order valence-electron chi connectivity index (χ0n) is 14.7. The summed E-state index contributed by atoms with van der Waals surface area (Å²) in [5.41, 5.74) is 1.78. The van der Waals surface area contributed by atoms with Gasteiger partial charge in [0, 0.05) is 25.7 Å². The second-order valence-electron chi connectivity index (χ2n) is 7.66. The molecule has 1 saturated heterocycles. The highest BCUT2D eigenvalue weighted by Gasteiger charge is 2.28. The summed E-state index contributed by atoms with van der Waals surface area (Å²) in [5, 5.41) is 3.08. The number of nitrogens with zero attached hydrogens (tertiary/aromatic N) is 2. The van der Waals surface area contributed by atoms with Gasteiger partial charge in [0.1, 0.15) is 0 Å². The second kappa shape index (κ2) is 6.58. The Labute approximate surface area is 147 Å². The molecule has 0 atom stereocenters. The minimum absolute atomic E-state index is 0.0456. The Bertz CT molecular complexity index is 810. The SMILES string of the molecule is CC1CC(CNC(=O)N2CCC(n3c(=O)[nH]c4ccccc43)CC2)C1. The first-order valence-electron chi connectivity index (χ1n) is 9.34. The molecule has 6 nitrogen and oxygen atoms in total. The largest absolute Gasteiger partial charge is 0.338 e. The summed E-state index contributed by atoms with van der Waals surface area (Å²) in [6.07, 6.45) is 4.09. The molecule has 1 aliphatic heterocycles. The number of hydrogen-bond acceptors (Lipinski definition) is 2. The smallest absolute Gasteiger partial charge is 0.326 e. The molecule has 25 heavy (non-hydrogen) atoms. The quantitative estimate of drug-likeness (QED) is 0.900. The molecule has 1 aromatic heterocycles. The van der Waals surface area contributed by atoms with E-state index in [-0.39, 0.29) is 17.8 Å². The molecule has 1 saturated carbocycles. The van der Waals surface area contributed by atoms with Crippen LogP contribution in [0.25, 0.3) is 11.0 Å². The molecule has 0 bridgehead atoms. The normalized spacial score (nSPS) is 24.3. The van der Waals surface area contributed by atoms with E-state index in [1.165, 1.54) is 12.8 Å². The van der Waals surface area contributed by atoms with E-state index in [0.29, 0.717) is 19.0 Å². The number of hydrogen-bond donors (Lipinski definition) is 2. The van der Waals surface area contributed by atoms with Crippen LogP contribution in [0.4, 0.5) is 4.79 Å². The number of carbonyl (C=O) groups excluding carboxylic acids is 1. The van der Waals surface area contributed by atoms with Gasteiger partial charge in [-0.25, -0.2) is 9.59 Å². The van der Waals surface area contributed by atoms with Crippen molar-refractivity contribution in [1.29, 1.82) is 0 Å². The van der Waals surface area contributed by atoms with Gasteiger partial charge in [0.2, 0.25) is 0 Å². The van der Waals surface area contributed by atoms with Crippen molar-refractivity contribution < 1.29 is 4.79 Å². The molecule has 2 amide bonds. The molecule has 2 aromatic rings. The summed E-state index contributed by atoms with van der Waals surface area (Å²) in [6.45, 7) is 4.45. The van der Waals surface area contributed by atoms with E-state index < -0.39 is 0 Å². The number of para-hydroxylation sites is 2. The molecule has 2 fully saturated rings. The minimum Gasteiger partial charge on any atom is -0.338 e. The van der Waals surface area contributed by atoms with Crippen LogP contribution < -0.4 is 11.0 Å². The van der Waals surface area contributed by atoms with Crippen LogP contribution in [-0.4, -0.2) is 40.1 Å². The van der Waals surface area contributed by atoms with E-state index in [4.69, 9.17) is 0 Å². The molecule has 2 N–H and O–H groups in total. The number of aromatic amines is 1. The number of amides is 2. The second-order valence-corrected chi connectivity index (χ2v) is 7.66. The number of nitrogens with one attached hydrogen (secondary N) is 2. The molecule has 134 valence electrons. The maximum Gasteiger partial charge on any atom is 0.326 e. The van der Waals surface area contributed by atoms with E-state index in [1.54, 1.807) is 0 Å². The van der Waals surface area contributed by atoms with Crippen molar-refractivity contribution in [2.24, 2.45) is 11.8 Å². The Morgan fingerprint density at radius 3 is 2.68 bits per heavy atom. The zero-order chi connectivity index (χ0) is 17.4. The number of benzene rings is 1. The van der Waals surface area contributed by atoms with Gasteiger partial charge in [-0.2, -0.15) is 0 Å². The molecule has 2 aliphatic rings. The van der Waals surface area contributed by atoms with E-state index in [9.17, 15) is 9.59 Å². The van der Waals surface area contributed by atoms with Crippen LogP contribution in [0.15, 0.2) is 29.1 Å². The van der Waals surface area contributed by atoms with Crippen LogP contribution >= 0.6 is 0 Å². The van der Waals surface area contributed by atoms with Crippen molar-refractivity contribution in [2.45, 2.75) is 38.6 Å². The van der Waals surface area contributed by atoms with Crippen molar-refractivity contribution in [3.8, 4) is 0 Å². The fraction of sp³-hybridized carbons (Fsp3) is 0.579. The molecule has 4 rings (SSSR count). The first-order chi connectivity index (χ1) is 12.1. The van der Waals surface area contributed by atoms with Gasteiger partial charge in [-0.05, 0) is 49.7 Å². The monoisotopic (exact) mass is 342 g/mol. The van der Waals surface area contributed by atoms with Crippen LogP contribution in [0.5, 0.6) is 0 Å². The number of fused-ring (bicyclic) bond motifs is 1. The maximum absolute atomic E-state index is 12.3. The third-order valence-electron chi connectivity index (χ3n) is 5.75. The number of imidazole rings is 1. The fourth-order valence-corrected chi connectivity index (χ4v) is 4.34. The number of likely N-dealkylation sites (tertiary alicyclic amines) is 1. The van der Waals surface area contributed by atoms with Crippen molar-refractivity contribution >= 4 is 17.1 Å². The molecular formula is C19H26N4O2. The van der Waals surface area contributed by atoms with Gasteiger partial charge >= 0.3 is 11.7 Å². The Hall–Kier alpha value is -2.24. The number of piperidine rings is 1. The first kappa shape index (κ1) is 16.2. The molecule has 6 heteroatoms. The van der Waals surface area contributed by atoms with Crippen molar-refractivity contribution in [1.82, 2.24) is 19.8 Å². The van der Waals surface area contributed by atoms with Crippen LogP contribution in [-0.2, 0) is 0 Å². The third-order valence-corrected chi connectivity index (χ3v) is 5.75. The van der Waals surface area contributed by atoms with Crippen molar-refractivity contribution in [3.05, 3.63) is 34.7 Å². The van der Waals surface area contributed by atoms with Gasteiger partial charge in [0.15, 0.2) is 0 Å². The lowest BCUT2D eigenvalue weighted by Crippen LogP contribution is -2.47. The Morgan fingerprint density at radius 1 is 1.24 bits per heavy atom. The number of H-pyrrole nitrogens is 1. The first-order valence-corrected chi connectivity index (χ1v) is 9.34. The minimum atomic E-state index is -0.0526. The lowest BCUT2D eigenvalue weighted by Gasteiger charge is -2.35. The Balaban J connectivity index is 1.35. The van der Waals surface area contributed by atoms with E-state index in [2.05, 4.69) is 17.2 Å². The summed E-state index contributed by atoms with van der Waals surface area (Å²) in [7, 11) is 0. The molecule has 2 heterocycles. The van der Waals surface area contributed by atoms with Crippen molar-refractivity contribution in [3.63, 3.8) is 0 Å².